The standard InChI is InChI=1S/C15H21N3O/c1-13(19)17-16-12-14-6-8-15(9-7-14)18-10-4-2-3-5-11-18/h6-9,12H,2-5,10-11H2,1H3,(H,17,19)/b16-12-. The maximum Gasteiger partial charge on any atom is 0.236 e. The molecule has 0 aromatic heterocycles. The molecule has 1 aliphatic rings. The van der Waals surface area contributed by atoms with E-state index in [-0.39, 0.29) is 5.91 Å². The molecule has 1 heterocycles. The Labute approximate surface area is 114 Å². The lowest BCUT2D eigenvalue weighted by atomic mass is 10.2. The van der Waals surface area contributed by atoms with Gasteiger partial charge in [-0.2, -0.15) is 5.10 Å². The van der Waals surface area contributed by atoms with Crippen LogP contribution >= 0.6 is 0 Å². The highest BCUT2D eigenvalue weighted by atomic mass is 16.2. The number of carbonyl (C=O) groups excluding carboxylic acids is 1. The summed E-state index contributed by atoms with van der Waals surface area (Å²) in [5.74, 6) is -0.155. The first-order chi connectivity index (χ1) is 9.25. The predicted octanol–water partition coefficient (Wildman–Crippen LogP) is 2.54. The Morgan fingerprint density at radius 3 is 2.37 bits per heavy atom. The summed E-state index contributed by atoms with van der Waals surface area (Å²) >= 11 is 0. The van der Waals surface area contributed by atoms with Crippen LogP contribution in [-0.2, 0) is 4.79 Å². The van der Waals surface area contributed by atoms with E-state index >= 15 is 0 Å². The number of nitrogens with zero attached hydrogens (tertiary/aromatic N) is 2. The molecule has 4 heteroatoms. The number of rotatable bonds is 3. The third-order valence-corrected chi connectivity index (χ3v) is 3.30. The van der Waals surface area contributed by atoms with E-state index < -0.39 is 0 Å². The van der Waals surface area contributed by atoms with Gasteiger partial charge in [-0.3, -0.25) is 4.79 Å². The molecule has 4 nitrogen and oxygen atoms in total. The Kier molecular flexibility index (Phi) is 4.95. The SMILES string of the molecule is CC(=O)N/N=C\c1ccc(N2CCCCCC2)cc1. The van der Waals surface area contributed by atoms with Gasteiger partial charge in [0.15, 0.2) is 0 Å². The molecule has 0 aliphatic carbocycles. The van der Waals surface area contributed by atoms with Gasteiger partial charge in [-0.25, -0.2) is 5.43 Å². The number of carbonyl (C=O) groups is 1. The monoisotopic (exact) mass is 259 g/mol. The van der Waals surface area contributed by atoms with Crippen LogP contribution in [0.25, 0.3) is 0 Å². The maximum atomic E-state index is 10.7. The average molecular weight is 259 g/mol. The van der Waals surface area contributed by atoms with Crippen molar-refractivity contribution < 1.29 is 4.79 Å². The van der Waals surface area contributed by atoms with Crippen molar-refractivity contribution in [2.45, 2.75) is 32.6 Å². The molecule has 1 amide bonds. The summed E-state index contributed by atoms with van der Waals surface area (Å²) < 4.78 is 0. The van der Waals surface area contributed by atoms with E-state index in [0.29, 0.717) is 0 Å². The molecule has 0 atom stereocenters. The van der Waals surface area contributed by atoms with Crippen LogP contribution < -0.4 is 10.3 Å². The Hall–Kier alpha value is -1.84. The molecule has 1 N–H and O–H groups in total. The van der Waals surface area contributed by atoms with Gasteiger partial charge in [0.25, 0.3) is 0 Å². The Morgan fingerprint density at radius 1 is 1.16 bits per heavy atom. The van der Waals surface area contributed by atoms with Crippen LogP contribution in [0, 0.1) is 0 Å². The maximum absolute atomic E-state index is 10.7. The molecule has 1 fully saturated rings. The molecule has 102 valence electrons. The summed E-state index contributed by atoms with van der Waals surface area (Å²) in [6.45, 7) is 3.75. The molecule has 1 aromatic rings. The smallest absolute Gasteiger partial charge is 0.236 e. The molecular formula is C15H21N3O. The third kappa shape index (κ3) is 4.39. The quantitative estimate of drug-likeness (QED) is 0.669. The van der Waals surface area contributed by atoms with Crippen molar-refractivity contribution >= 4 is 17.8 Å². The van der Waals surface area contributed by atoms with Gasteiger partial charge >= 0.3 is 0 Å². The van der Waals surface area contributed by atoms with Crippen LogP contribution in [0.3, 0.4) is 0 Å². The second kappa shape index (κ2) is 6.92. The molecule has 1 aromatic carbocycles. The predicted molar refractivity (Wildman–Crippen MR) is 78.5 cm³/mol. The zero-order valence-electron chi connectivity index (χ0n) is 11.4. The number of amides is 1. The van der Waals surface area contributed by atoms with Gasteiger partial charge in [0.2, 0.25) is 5.91 Å². The largest absolute Gasteiger partial charge is 0.372 e. The van der Waals surface area contributed by atoms with Gasteiger partial charge in [-0.1, -0.05) is 25.0 Å². The minimum atomic E-state index is -0.155. The summed E-state index contributed by atoms with van der Waals surface area (Å²) in [5, 5.41) is 3.86. The van der Waals surface area contributed by atoms with Gasteiger partial charge in [-0.15, -0.1) is 0 Å². The van der Waals surface area contributed by atoms with Crippen LogP contribution in [-0.4, -0.2) is 25.2 Å². The lowest BCUT2D eigenvalue weighted by molar-refractivity contribution is -0.118. The van der Waals surface area contributed by atoms with Crippen molar-refractivity contribution in [2.24, 2.45) is 5.10 Å². The highest BCUT2D eigenvalue weighted by Gasteiger charge is 2.09. The van der Waals surface area contributed by atoms with Gasteiger partial charge < -0.3 is 4.90 Å². The van der Waals surface area contributed by atoms with E-state index in [4.69, 9.17) is 0 Å². The van der Waals surface area contributed by atoms with Crippen molar-refractivity contribution in [2.75, 3.05) is 18.0 Å². The van der Waals surface area contributed by atoms with E-state index in [1.807, 2.05) is 12.1 Å². The molecule has 0 bridgehead atoms. The number of hydrogen-bond acceptors (Lipinski definition) is 3. The van der Waals surface area contributed by atoms with Gasteiger partial charge in [0, 0.05) is 25.7 Å². The third-order valence-electron chi connectivity index (χ3n) is 3.30. The van der Waals surface area contributed by atoms with E-state index in [0.717, 1.165) is 18.7 Å². The van der Waals surface area contributed by atoms with Gasteiger partial charge in [0.1, 0.15) is 0 Å². The van der Waals surface area contributed by atoms with Crippen molar-refractivity contribution in [3.63, 3.8) is 0 Å². The van der Waals surface area contributed by atoms with E-state index in [1.165, 1.54) is 38.3 Å². The number of nitrogens with one attached hydrogen (secondary N) is 1. The van der Waals surface area contributed by atoms with E-state index in [9.17, 15) is 4.79 Å². The molecular weight excluding hydrogens is 238 g/mol. The van der Waals surface area contributed by atoms with Crippen LogP contribution in [0.4, 0.5) is 5.69 Å². The fourth-order valence-corrected chi connectivity index (χ4v) is 2.30. The van der Waals surface area contributed by atoms with Crippen molar-refractivity contribution in [1.29, 1.82) is 0 Å². The highest BCUT2D eigenvalue weighted by Crippen LogP contribution is 2.19. The molecule has 0 radical (unpaired) electrons. The van der Waals surface area contributed by atoms with Crippen molar-refractivity contribution in [3.05, 3.63) is 29.8 Å². The van der Waals surface area contributed by atoms with Crippen LogP contribution in [0.2, 0.25) is 0 Å². The van der Waals surface area contributed by atoms with Crippen LogP contribution in [0.1, 0.15) is 38.2 Å². The first-order valence-electron chi connectivity index (χ1n) is 6.90. The molecule has 2 rings (SSSR count). The molecule has 19 heavy (non-hydrogen) atoms. The first-order valence-corrected chi connectivity index (χ1v) is 6.90. The number of anilines is 1. The number of hydrogen-bond donors (Lipinski definition) is 1. The fraction of sp³-hybridized carbons (Fsp3) is 0.467. The lowest BCUT2D eigenvalue weighted by Gasteiger charge is -2.22. The summed E-state index contributed by atoms with van der Waals surface area (Å²) in [7, 11) is 0. The second-order valence-electron chi connectivity index (χ2n) is 4.92. The van der Waals surface area contributed by atoms with Gasteiger partial charge in [-0.05, 0) is 30.5 Å². The minimum Gasteiger partial charge on any atom is -0.372 e. The highest BCUT2D eigenvalue weighted by molar-refractivity contribution is 5.82. The molecule has 0 unspecified atom stereocenters. The Morgan fingerprint density at radius 2 is 1.79 bits per heavy atom. The number of hydrazone groups is 1. The summed E-state index contributed by atoms with van der Waals surface area (Å²) in [5.41, 5.74) is 4.67. The molecule has 1 aliphatic heterocycles. The molecule has 0 saturated carbocycles. The second-order valence-corrected chi connectivity index (χ2v) is 4.92. The Balaban J connectivity index is 1.97. The summed E-state index contributed by atoms with van der Waals surface area (Å²) in [6.07, 6.45) is 6.92. The molecule has 1 saturated heterocycles. The van der Waals surface area contributed by atoms with Crippen LogP contribution in [0.5, 0.6) is 0 Å². The first kappa shape index (κ1) is 13.6. The summed E-state index contributed by atoms with van der Waals surface area (Å²) in [4.78, 5) is 13.1. The zero-order chi connectivity index (χ0) is 13.5. The summed E-state index contributed by atoms with van der Waals surface area (Å²) in [6, 6.07) is 8.32. The van der Waals surface area contributed by atoms with Crippen LogP contribution in [0.15, 0.2) is 29.4 Å². The average Bonchev–Trinajstić information content (AvgIpc) is 2.68. The zero-order valence-corrected chi connectivity index (χ0v) is 11.4. The molecule has 0 spiro atoms. The topological polar surface area (TPSA) is 44.7 Å². The Bertz CT molecular complexity index is 431. The minimum absolute atomic E-state index is 0.155. The van der Waals surface area contributed by atoms with Crippen molar-refractivity contribution in [3.8, 4) is 0 Å². The lowest BCUT2D eigenvalue weighted by Crippen LogP contribution is -2.23. The van der Waals surface area contributed by atoms with E-state index in [1.54, 1.807) is 6.21 Å². The fourth-order valence-electron chi connectivity index (χ4n) is 2.30. The normalized spacial score (nSPS) is 16.4. The van der Waals surface area contributed by atoms with Crippen molar-refractivity contribution in [1.82, 2.24) is 5.43 Å². The number of benzene rings is 1. The van der Waals surface area contributed by atoms with E-state index in [2.05, 4.69) is 27.6 Å². The van der Waals surface area contributed by atoms with Gasteiger partial charge in [0.05, 0.1) is 6.21 Å².